The Kier molecular flexibility index (Phi) is 5.43. The molecule has 0 saturated heterocycles. The third kappa shape index (κ3) is 3.89. The number of hydrogen-bond donors (Lipinski definition) is 3. The molecule has 0 bridgehead atoms. The van der Waals surface area contributed by atoms with Gasteiger partial charge in [0.25, 0.3) is 0 Å². The van der Waals surface area contributed by atoms with Crippen LogP contribution in [0.1, 0.15) is 13.3 Å². The molecule has 0 aliphatic rings. The number of hydrogen-bond acceptors (Lipinski definition) is 2. The maximum Gasteiger partial charge on any atom is 0.326 e. The van der Waals surface area contributed by atoms with Crippen LogP contribution in [-0.4, -0.2) is 23.1 Å². The Morgan fingerprint density at radius 2 is 2.17 bits per heavy atom. The van der Waals surface area contributed by atoms with E-state index in [1.807, 2.05) is 0 Å². The summed E-state index contributed by atoms with van der Waals surface area (Å²) in [6.45, 7) is 1.67. The number of rotatable bonds is 4. The Hall–Kier alpha value is -1.27. The van der Waals surface area contributed by atoms with E-state index in [0.29, 0.717) is 21.6 Å². The number of benzene rings is 1. The van der Waals surface area contributed by atoms with Crippen molar-refractivity contribution in [2.75, 3.05) is 5.32 Å². The minimum Gasteiger partial charge on any atom is -0.480 e. The Bertz CT molecular complexity index is 468. The molecule has 1 atom stereocenters. The van der Waals surface area contributed by atoms with Crippen molar-refractivity contribution in [2.24, 2.45) is 0 Å². The summed E-state index contributed by atoms with van der Waals surface area (Å²) in [5, 5.41) is 14.1. The average Bonchev–Trinajstić information content (AvgIpc) is 2.31. The Morgan fingerprint density at radius 3 is 2.72 bits per heavy atom. The molecular weight excluding hydrogens is 323 g/mol. The normalized spacial score (nSPS) is 11.7. The standard InChI is InChI=1S/C11H12BrClN2O3/c1-2-7(10(16)17)14-11(18)15-8-5-3-4-6(13)9(8)12/h3-5,7H,2H2,1H3,(H,16,17)(H2,14,15,18). The molecular formula is C11H12BrClN2O3. The van der Waals surface area contributed by atoms with Crippen LogP contribution in [0.5, 0.6) is 0 Å². The topological polar surface area (TPSA) is 78.4 Å². The van der Waals surface area contributed by atoms with E-state index >= 15 is 0 Å². The lowest BCUT2D eigenvalue weighted by Crippen LogP contribution is -2.42. The smallest absolute Gasteiger partial charge is 0.326 e. The predicted octanol–water partition coefficient (Wildman–Crippen LogP) is 3.09. The molecule has 2 amide bonds. The number of aliphatic carboxylic acids is 1. The summed E-state index contributed by atoms with van der Waals surface area (Å²) in [6, 6.07) is 3.49. The molecule has 18 heavy (non-hydrogen) atoms. The first kappa shape index (κ1) is 14.8. The molecule has 0 saturated carbocycles. The molecule has 1 aromatic carbocycles. The van der Waals surface area contributed by atoms with Crippen LogP contribution in [0.2, 0.25) is 5.02 Å². The number of anilines is 1. The van der Waals surface area contributed by atoms with E-state index in [-0.39, 0.29) is 0 Å². The van der Waals surface area contributed by atoms with Crippen LogP contribution in [0.4, 0.5) is 10.5 Å². The highest BCUT2D eigenvalue weighted by Gasteiger charge is 2.18. The van der Waals surface area contributed by atoms with Gasteiger partial charge in [-0.3, -0.25) is 0 Å². The van der Waals surface area contributed by atoms with Gasteiger partial charge in [-0.15, -0.1) is 0 Å². The third-order valence-corrected chi connectivity index (χ3v) is 3.61. The van der Waals surface area contributed by atoms with Crippen molar-refractivity contribution >= 4 is 45.2 Å². The van der Waals surface area contributed by atoms with Gasteiger partial charge in [0, 0.05) is 0 Å². The van der Waals surface area contributed by atoms with Crippen LogP contribution in [0, 0.1) is 0 Å². The number of nitrogens with one attached hydrogen (secondary N) is 2. The van der Waals surface area contributed by atoms with Gasteiger partial charge in [0.2, 0.25) is 0 Å². The number of carbonyl (C=O) groups is 2. The Balaban J connectivity index is 2.70. The molecule has 0 heterocycles. The van der Waals surface area contributed by atoms with Crippen molar-refractivity contribution in [1.29, 1.82) is 0 Å². The number of carboxylic acids is 1. The highest BCUT2D eigenvalue weighted by atomic mass is 79.9. The van der Waals surface area contributed by atoms with Crippen molar-refractivity contribution in [3.63, 3.8) is 0 Å². The molecule has 0 aliphatic heterocycles. The fourth-order valence-electron chi connectivity index (χ4n) is 1.26. The quantitative estimate of drug-likeness (QED) is 0.791. The maximum absolute atomic E-state index is 11.6. The fraction of sp³-hybridized carbons (Fsp3) is 0.273. The molecule has 7 heteroatoms. The molecule has 5 nitrogen and oxygen atoms in total. The zero-order valence-corrected chi connectivity index (χ0v) is 11.9. The van der Waals surface area contributed by atoms with Gasteiger partial charge >= 0.3 is 12.0 Å². The van der Waals surface area contributed by atoms with Crippen LogP contribution >= 0.6 is 27.5 Å². The predicted molar refractivity (Wildman–Crippen MR) is 73.0 cm³/mol. The second-order valence-electron chi connectivity index (χ2n) is 3.50. The van der Waals surface area contributed by atoms with Gasteiger partial charge in [-0.1, -0.05) is 24.6 Å². The molecule has 98 valence electrons. The molecule has 0 aliphatic carbocycles. The van der Waals surface area contributed by atoms with Gasteiger partial charge in [0.15, 0.2) is 0 Å². The summed E-state index contributed by atoms with van der Waals surface area (Å²) in [4.78, 5) is 22.4. The number of carboxylic acid groups (broad SMARTS) is 1. The largest absolute Gasteiger partial charge is 0.480 e. The highest BCUT2D eigenvalue weighted by molar-refractivity contribution is 9.10. The van der Waals surface area contributed by atoms with E-state index < -0.39 is 18.0 Å². The molecule has 1 unspecified atom stereocenters. The van der Waals surface area contributed by atoms with Crippen LogP contribution in [0.25, 0.3) is 0 Å². The van der Waals surface area contributed by atoms with Gasteiger partial charge < -0.3 is 15.7 Å². The summed E-state index contributed by atoms with van der Waals surface area (Å²) in [5.74, 6) is -1.07. The van der Waals surface area contributed by atoms with Gasteiger partial charge in [0.1, 0.15) is 6.04 Å². The molecule has 3 N–H and O–H groups in total. The second-order valence-corrected chi connectivity index (χ2v) is 4.70. The monoisotopic (exact) mass is 334 g/mol. The summed E-state index contributed by atoms with van der Waals surface area (Å²) in [5.41, 5.74) is 0.472. The van der Waals surface area contributed by atoms with E-state index in [1.54, 1.807) is 25.1 Å². The molecule has 1 rings (SSSR count). The van der Waals surface area contributed by atoms with Crippen molar-refractivity contribution in [3.8, 4) is 0 Å². The second kappa shape index (κ2) is 6.61. The van der Waals surface area contributed by atoms with Crippen molar-refractivity contribution in [1.82, 2.24) is 5.32 Å². The lowest BCUT2D eigenvalue weighted by Gasteiger charge is -2.14. The first-order valence-corrected chi connectivity index (χ1v) is 6.37. The first-order valence-electron chi connectivity index (χ1n) is 5.20. The van der Waals surface area contributed by atoms with Crippen molar-refractivity contribution in [3.05, 3.63) is 27.7 Å². The molecule has 1 aromatic rings. The van der Waals surface area contributed by atoms with E-state index in [4.69, 9.17) is 16.7 Å². The minimum atomic E-state index is -1.07. The highest BCUT2D eigenvalue weighted by Crippen LogP contribution is 2.29. The third-order valence-electron chi connectivity index (χ3n) is 2.21. The lowest BCUT2D eigenvalue weighted by atomic mass is 10.2. The van der Waals surface area contributed by atoms with Crippen LogP contribution < -0.4 is 10.6 Å². The maximum atomic E-state index is 11.6. The number of halogens is 2. The fourth-order valence-corrected chi connectivity index (χ4v) is 1.79. The van der Waals surface area contributed by atoms with Crippen LogP contribution in [0.15, 0.2) is 22.7 Å². The minimum absolute atomic E-state index is 0.305. The van der Waals surface area contributed by atoms with Gasteiger partial charge in [-0.25, -0.2) is 9.59 Å². The molecule has 0 radical (unpaired) electrons. The molecule has 0 spiro atoms. The zero-order valence-electron chi connectivity index (χ0n) is 9.54. The summed E-state index contributed by atoms with van der Waals surface area (Å²) >= 11 is 9.10. The zero-order chi connectivity index (χ0) is 13.7. The van der Waals surface area contributed by atoms with Gasteiger partial charge in [-0.2, -0.15) is 0 Å². The lowest BCUT2D eigenvalue weighted by molar-refractivity contribution is -0.139. The van der Waals surface area contributed by atoms with Crippen LogP contribution in [0.3, 0.4) is 0 Å². The van der Waals surface area contributed by atoms with E-state index in [1.165, 1.54) is 0 Å². The van der Waals surface area contributed by atoms with Crippen molar-refractivity contribution in [2.45, 2.75) is 19.4 Å². The summed E-state index contributed by atoms with van der Waals surface area (Å²) < 4.78 is 0.546. The summed E-state index contributed by atoms with van der Waals surface area (Å²) in [7, 11) is 0. The van der Waals surface area contributed by atoms with Crippen molar-refractivity contribution < 1.29 is 14.7 Å². The van der Waals surface area contributed by atoms with E-state index in [0.717, 1.165) is 0 Å². The number of amides is 2. The van der Waals surface area contributed by atoms with Gasteiger partial charge in [-0.05, 0) is 34.5 Å². The Morgan fingerprint density at radius 1 is 1.50 bits per heavy atom. The molecule has 0 aromatic heterocycles. The van der Waals surface area contributed by atoms with Gasteiger partial charge in [0.05, 0.1) is 15.2 Å². The average molecular weight is 336 g/mol. The van der Waals surface area contributed by atoms with Crippen LogP contribution in [-0.2, 0) is 4.79 Å². The first-order chi connectivity index (χ1) is 8.45. The SMILES string of the molecule is CCC(NC(=O)Nc1cccc(Cl)c1Br)C(=O)O. The number of carbonyl (C=O) groups excluding carboxylic acids is 1. The van der Waals surface area contributed by atoms with E-state index in [2.05, 4.69) is 26.6 Å². The summed E-state index contributed by atoms with van der Waals surface area (Å²) in [6.07, 6.45) is 0.305. The number of urea groups is 1. The van der Waals surface area contributed by atoms with E-state index in [9.17, 15) is 9.59 Å². The Labute approximate surface area is 118 Å². The molecule has 0 fully saturated rings.